The molecule has 1 aromatic heterocycles. The SMILES string of the molecule is CC(=C(F)C(=O)Nc1ccc(-c2ccccc2S(=O)ON)cc1S)c1ccc2ccnc(N)c2c1. The highest BCUT2D eigenvalue weighted by Gasteiger charge is 2.17. The van der Waals surface area contributed by atoms with Crippen LogP contribution in [0.4, 0.5) is 15.9 Å². The summed E-state index contributed by atoms with van der Waals surface area (Å²) in [6.07, 6.45) is 1.60. The number of hydrogen-bond acceptors (Lipinski definition) is 7. The fraction of sp³-hybridized carbons (Fsp3) is 0.0400. The normalized spacial score (nSPS) is 12.8. The van der Waals surface area contributed by atoms with Crippen molar-refractivity contribution in [1.82, 2.24) is 4.98 Å². The van der Waals surface area contributed by atoms with Gasteiger partial charge in [-0.2, -0.15) is 10.2 Å². The van der Waals surface area contributed by atoms with E-state index < -0.39 is 22.8 Å². The molecule has 0 fully saturated rings. The van der Waals surface area contributed by atoms with Crippen LogP contribution in [0.15, 0.2) is 88.5 Å². The summed E-state index contributed by atoms with van der Waals surface area (Å²) in [5, 5.41) is 4.08. The van der Waals surface area contributed by atoms with E-state index in [9.17, 15) is 9.00 Å². The minimum Gasteiger partial charge on any atom is -0.383 e. The smallest absolute Gasteiger partial charge is 0.284 e. The maximum absolute atomic E-state index is 15.1. The number of carbonyl (C=O) groups excluding carboxylic acids is 1. The van der Waals surface area contributed by atoms with Gasteiger partial charge in [0.25, 0.3) is 5.91 Å². The largest absolute Gasteiger partial charge is 0.383 e. The van der Waals surface area contributed by atoms with Crippen LogP contribution in [0.1, 0.15) is 12.5 Å². The summed E-state index contributed by atoms with van der Waals surface area (Å²) in [6, 6.07) is 18.8. The second-order valence-corrected chi connectivity index (χ2v) is 9.17. The molecular formula is C25H21FN4O3S2. The number of thiol groups is 1. The summed E-state index contributed by atoms with van der Waals surface area (Å²) in [4.78, 5) is 17.5. The third kappa shape index (κ3) is 5.10. The number of nitrogens with zero attached hydrogens (tertiary/aromatic N) is 1. The number of carbonyl (C=O) groups is 1. The van der Waals surface area contributed by atoms with Gasteiger partial charge in [0, 0.05) is 22.0 Å². The maximum Gasteiger partial charge on any atom is 0.284 e. The van der Waals surface area contributed by atoms with Crippen LogP contribution in [0.3, 0.4) is 0 Å². The highest BCUT2D eigenvalue weighted by Crippen LogP contribution is 2.32. The Morgan fingerprint density at radius 1 is 1.11 bits per heavy atom. The first kappa shape index (κ1) is 24.6. The van der Waals surface area contributed by atoms with Crippen LogP contribution in [0, 0.1) is 0 Å². The first-order valence-corrected chi connectivity index (χ1v) is 11.9. The molecule has 0 aliphatic carbocycles. The van der Waals surface area contributed by atoms with Crippen LogP contribution >= 0.6 is 12.6 Å². The molecule has 0 bridgehead atoms. The van der Waals surface area contributed by atoms with E-state index in [4.69, 9.17) is 11.6 Å². The zero-order chi connectivity index (χ0) is 25.1. The third-order valence-electron chi connectivity index (χ3n) is 5.47. The zero-order valence-electron chi connectivity index (χ0n) is 18.5. The van der Waals surface area contributed by atoms with Gasteiger partial charge in [-0.1, -0.05) is 36.4 Å². The summed E-state index contributed by atoms with van der Waals surface area (Å²) in [5.41, 5.74) is 8.20. The number of nitrogens with two attached hydrogens (primary N) is 2. The van der Waals surface area contributed by atoms with Gasteiger partial charge in [-0.05, 0) is 59.3 Å². The topological polar surface area (TPSA) is 120 Å². The van der Waals surface area contributed by atoms with E-state index in [-0.39, 0.29) is 5.57 Å². The van der Waals surface area contributed by atoms with Gasteiger partial charge in [0.1, 0.15) is 5.82 Å². The quantitative estimate of drug-likeness (QED) is 0.165. The van der Waals surface area contributed by atoms with E-state index in [1.165, 1.54) is 6.92 Å². The van der Waals surface area contributed by atoms with Crippen LogP contribution in [0.2, 0.25) is 0 Å². The Kier molecular flexibility index (Phi) is 7.27. The molecule has 1 heterocycles. The van der Waals surface area contributed by atoms with Crippen molar-refractivity contribution in [3.63, 3.8) is 0 Å². The molecule has 5 N–H and O–H groups in total. The standard InChI is InChI=1S/C25H21FN4O3S2/c1-14(16-7-6-15-10-11-29-24(27)19(15)12-16)23(26)25(31)30-20-9-8-17(13-21(20)34)18-4-2-3-5-22(18)35(32)33-28/h2-13,34H,28H2,1H3,(H2,27,29)(H,30,31). The molecule has 1 unspecified atom stereocenters. The number of nitrogens with one attached hydrogen (secondary N) is 1. The summed E-state index contributed by atoms with van der Waals surface area (Å²) < 4.78 is 31.6. The number of halogens is 1. The monoisotopic (exact) mass is 508 g/mol. The third-order valence-corrected chi connectivity index (χ3v) is 6.73. The number of anilines is 2. The minimum atomic E-state index is -1.85. The van der Waals surface area contributed by atoms with Crippen LogP contribution in [-0.4, -0.2) is 15.1 Å². The van der Waals surface area contributed by atoms with E-state index in [0.717, 1.165) is 5.39 Å². The van der Waals surface area contributed by atoms with Crippen LogP contribution in [0.5, 0.6) is 0 Å². The molecule has 1 amide bonds. The maximum atomic E-state index is 15.1. The fourth-order valence-corrected chi connectivity index (χ4v) is 4.53. The molecule has 3 aromatic carbocycles. The fourth-order valence-electron chi connectivity index (χ4n) is 3.61. The number of nitrogen functional groups attached to an aromatic ring is 1. The molecule has 178 valence electrons. The molecular weight excluding hydrogens is 487 g/mol. The van der Waals surface area contributed by atoms with Gasteiger partial charge >= 0.3 is 0 Å². The van der Waals surface area contributed by atoms with E-state index in [2.05, 4.69) is 27.2 Å². The molecule has 10 heteroatoms. The van der Waals surface area contributed by atoms with Gasteiger partial charge < -0.3 is 11.1 Å². The van der Waals surface area contributed by atoms with E-state index in [1.54, 1.807) is 72.9 Å². The van der Waals surface area contributed by atoms with Crippen molar-refractivity contribution in [3.05, 3.63) is 84.3 Å². The Balaban J connectivity index is 1.60. The van der Waals surface area contributed by atoms with Crippen molar-refractivity contribution < 1.29 is 17.7 Å². The molecule has 0 spiro atoms. The van der Waals surface area contributed by atoms with Crippen molar-refractivity contribution in [3.8, 4) is 11.1 Å². The zero-order valence-corrected chi connectivity index (χ0v) is 20.2. The lowest BCUT2D eigenvalue weighted by molar-refractivity contribution is -0.114. The molecule has 1 atom stereocenters. The van der Waals surface area contributed by atoms with Gasteiger partial charge in [0.05, 0.1) is 10.6 Å². The van der Waals surface area contributed by atoms with Crippen molar-refractivity contribution in [2.24, 2.45) is 5.90 Å². The number of pyridine rings is 1. The lowest BCUT2D eigenvalue weighted by atomic mass is 10.0. The second-order valence-electron chi connectivity index (χ2n) is 7.58. The lowest BCUT2D eigenvalue weighted by Gasteiger charge is -2.12. The molecule has 4 rings (SSSR count). The molecule has 0 aliphatic rings. The average Bonchev–Trinajstić information content (AvgIpc) is 2.88. The van der Waals surface area contributed by atoms with Crippen molar-refractivity contribution in [2.75, 3.05) is 11.1 Å². The molecule has 0 saturated carbocycles. The summed E-state index contributed by atoms with van der Waals surface area (Å²) >= 11 is 2.59. The number of amides is 1. The average molecular weight is 509 g/mol. The molecule has 7 nitrogen and oxygen atoms in total. The first-order valence-electron chi connectivity index (χ1n) is 10.3. The van der Waals surface area contributed by atoms with Crippen molar-refractivity contribution in [2.45, 2.75) is 16.7 Å². The van der Waals surface area contributed by atoms with Crippen molar-refractivity contribution in [1.29, 1.82) is 0 Å². The van der Waals surface area contributed by atoms with E-state index in [1.807, 2.05) is 0 Å². The Labute approximate surface area is 209 Å². The van der Waals surface area contributed by atoms with Crippen LogP contribution < -0.4 is 16.9 Å². The first-order chi connectivity index (χ1) is 16.8. The van der Waals surface area contributed by atoms with E-state index in [0.29, 0.717) is 43.4 Å². The number of benzene rings is 3. The summed E-state index contributed by atoms with van der Waals surface area (Å²) in [7, 11) is 0. The predicted molar refractivity (Wildman–Crippen MR) is 139 cm³/mol. The Morgan fingerprint density at radius 2 is 1.89 bits per heavy atom. The van der Waals surface area contributed by atoms with Gasteiger partial charge in [-0.15, -0.1) is 12.6 Å². The number of allylic oxidation sites excluding steroid dienone is 1. The van der Waals surface area contributed by atoms with E-state index >= 15 is 4.39 Å². The predicted octanol–water partition coefficient (Wildman–Crippen LogP) is 5.02. The number of fused-ring (bicyclic) bond motifs is 1. The number of aromatic nitrogens is 1. The highest BCUT2D eigenvalue weighted by atomic mass is 32.2. The molecule has 35 heavy (non-hydrogen) atoms. The number of hydrogen-bond donors (Lipinski definition) is 4. The van der Waals surface area contributed by atoms with Crippen molar-refractivity contribution >= 4 is 57.5 Å². The highest BCUT2D eigenvalue weighted by molar-refractivity contribution is 7.80. The minimum absolute atomic E-state index is 0.156. The van der Waals surface area contributed by atoms with Gasteiger partial charge in [-0.3, -0.25) is 4.79 Å². The van der Waals surface area contributed by atoms with Crippen LogP contribution in [0.25, 0.3) is 27.5 Å². The number of rotatable bonds is 6. The Hall–Kier alpha value is -3.57. The van der Waals surface area contributed by atoms with Crippen LogP contribution in [-0.2, 0) is 20.2 Å². The second kappa shape index (κ2) is 10.4. The van der Waals surface area contributed by atoms with Gasteiger partial charge in [-0.25, -0.2) is 13.6 Å². The molecule has 0 radical (unpaired) electrons. The molecule has 4 aromatic rings. The summed E-state index contributed by atoms with van der Waals surface area (Å²) in [5.74, 6) is 3.55. The molecule has 0 saturated heterocycles. The van der Waals surface area contributed by atoms with Gasteiger partial charge in [0.15, 0.2) is 5.83 Å². The lowest BCUT2D eigenvalue weighted by Crippen LogP contribution is -2.13. The van der Waals surface area contributed by atoms with Gasteiger partial charge in [0.2, 0.25) is 11.1 Å². The Bertz CT molecular complexity index is 1510. The molecule has 0 aliphatic heterocycles. The summed E-state index contributed by atoms with van der Waals surface area (Å²) in [6.45, 7) is 1.52. The Morgan fingerprint density at radius 3 is 2.63 bits per heavy atom.